The van der Waals surface area contributed by atoms with Crippen LogP contribution in [0.4, 0.5) is 0 Å². The Morgan fingerprint density at radius 2 is 1.56 bits per heavy atom. The van der Waals surface area contributed by atoms with E-state index >= 15 is 0 Å². The third-order valence-corrected chi connectivity index (χ3v) is 6.84. The van der Waals surface area contributed by atoms with Crippen molar-refractivity contribution in [1.82, 2.24) is 0 Å². The van der Waals surface area contributed by atoms with Crippen molar-refractivity contribution in [2.75, 3.05) is 13.2 Å². The van der Waals surface area contributed by atoms with Gasteiger partial charge < -0.3 is 33.5 Å². The van der Waals surface area contributed by atoms with E-state index < -0.39 is 49.1 Å². The largest absolute Gasteiger partial charge is 0.388 e. The van der Waals surface area contributed by atoms with Gasteiger partial charge in [-0.2, -0.15) is 0 Å². The van der Waals surface area contributed by atoms with Crippen LogP contribution >= 0.6 is 0 Å². The number of nitrogens with zero attached hydrogens (tertiary/aromatic N) is 3. The molecule has 192 valence electrons. The quantitative estimate of drug-likeness (QED) is 0.320. The van der Waals surface area contributed by atoms with E-state index in [0.29, 0.717) is 13.2 Å². The molecule has 3 aliphatic rings. The van der Waals surface area contributed by atoms with Gasteiger partial charge in [0.05, 0.1) is 32.5 Å². The number of aliphatic hydroxyl groups excluding tert-OH is 1. The van der Waals surface area contributed by atoms with Crippen LogP contribution in [-0.2, 0) is 41.6 Å². The monoisotopic (exact) mass is 497 g/mol. The van der Waals surface area contributed by atoms with E-state index in [-0.39, 0.29) is 19.1 Å². The lowest BCUT2D eigenvalue weighted by Crippen LogP contribution is -2.58. The smallest absolute Gasteiger partial charge is 0.169 e. The number of benzene rings is 2. The minimum atomic E-state index is -0.786. The minimum absolute atomic E-state index is 0.0706. The second kappa shape index (κ2) is 11.7. The minimum Gasteiger partial charge on any atom is -0.388 e. The average molecular weight is 498 g/mol. The number of hydrogen-bond donors (Lipinski definition) is 1. The van der Waals surface area contributed by atoms with E-state index in [1.807, 2.05) is 67.6 Å². The van der Waals surface area contributed by atoms with Gasteiger partial charge in [-0.3, -0.25) is 0 Å². The Bertz CT molecular complexity index is 1020. The summed E-state index contributed by atoms with van der Waals surface area (Å²) >= 11 is 0. The lowest BCUT2D eigenvalue weighted by molar-refractivity contribution is -0.304. The van der Waals surface area contributed by atoms with Gasteiger partial charge in [-0.1, -0.05) is 72.7 Å². The second-order valence-electron chi connectivity index (χ2n) is 9.32. The number of fused-ring (bicyclic) bond motifs is 2. The molecule has 0 radical (unpaired) electrons. The second-order valence-corrected chi connectivity index (χ2v) is 9.32. The zero-order valence-corrected chi connectivity index (χ0v) is 20.0. The summed E-state index contributed by atoms with van der Waals surface area (Å²) in [5.41, 5.74) is 11.2. The molecule has 3 saturated heterocycles. The van der Waals surface area contributed by atoms with Crippen molar-refractivity contribution in [1.29, 1.82) is 0 Å². The highest BCUT2D eigenvalue weighted by Crippen LogP contribution is 2.37. The van der Waals surface area contributed by atoms with Gasteiger partial charge in [0, 0.05) is 10.8 Å². The molecular formula is C26H31N3O7. The Morgan fingerprint density at radius 3 is 2.19 bits per heavy atom. The Labute approximate surface area is 209 Å². The normalized spacial score (nSPS) is 35.8. The van der Waals surface area contributed by atoms with Gasteiger partial charge >= 0.3 is 0 Å². The maximum absolute atomic E-state index is 10.6. The fourth-order valence-corrected chi connectivity index (χ4v) is 4.95. The Kier molecular flexibility index (Phi) is 8.15. The molecule has 0 amide bonds. The number of ether oxygens (including phenoxy) is 6. The Morgan fingerprint density at radius 1 is 0.917 bits per heavy atom. The summed E-state index contributed by atoms with van der Waals surface area (Å²) in [5.74, 6) is -0.287. The molecule has 2 bridgehead atoms. The number of aliphatic hydroxyl groups is 1. The third-order valence-electron chi connectivity index (χ3n) is 6.84. The van der Waals surface area contributed by atoms with Crippen LogP contribution in [0, 0.1) is 5.92 Å². The first-order valence-corrected chi connectivity index (χ1v) is 12.2. The first-order chi connectivity index (χ1) is 17.6. The average Bonchev–Trinajstić information content (AvgIpc) is 3.34. The Balaban J connectivity index is 1.30. The van der Waals surface area contributed by atoms with Crippen molar-refractivity contribution in [3.63, 3.8) is 0 Å². The van der Waals surface area contributed by atoms with Crippen LogP contribution in [-0.4, -0.2) is 67.5 Å². The molecule has 0 aromatic heterocycles. The highest BCUT2D eigenvalue weighted by atomic mass is 16.8. The van der Waals surface area contributed by atoms with Gasteiger partial charge in [-0.15, -0.1) is 0 Å². The fourth-order valence-electron chi connectivity index (χ4n) is 4.95. The molecule has 3 unspecified atom stereocenters. The highest BCUT2D eigenvalue weighted by molar-refractivity contribution is 5.14. The summed E-state index contributed by atoms with van der Waals surface area (Å²) in [6.07, 6.45) is -4.29. The van der Waals surface area contributed by atoms with E-state index in [9.17, 15) is 10.6 Å². The summed E-state index contributed by atoms with van der Waals surface area (Å²) in [6.45, 7) is 2.96. The molecule has 0 spiro atoms. The molecule has 1 N–H and O–H groups in total. The molecule has 0 saturated carbocycles. The van der Waals surface area contributed by atoms with Crippen LogP contribution in [0.3, 0.4) is 0 Å². The molecule has 10 nitrogen and oxygen atoms in total. The van der Waals surface area contributed by atoms with E-state index in [0.717, 1.165) is 11.1 Å². The molecule has 0 aliphatic carbocycles. The molecular weight excluding hydrogens is 466 g/mol. The van der Waals surface area contributed by atoms with Gasteiger partial charge in [-0.05, 0) is 16.7 Å². The molecule has 5 rings (SSSR count). The van der Waals surface area contributed by atoms with E-state index in [1.165, 1.54) is 0 Å². The van der Waals surface area contributed by atoms with Crippen LogP contribution < -0.4 is 0 Å². The van der Waals surface area contributed by atoms with Crippen LogP contribution in [0.1, 0.15) is 18.1 Å². The lowest BCUT2D eigenvalue weighted by atomic mass is 9.95. The summed E-state index contributed by atoms with van der Waals surface area (Å²) in [5, 5.41) is 14.5. The lowest BCUT2D eigenvalue weighted by Gasteiger charge is -2.44. The van der Waals surface area contributed by atoms with Gasteiger partial charge in [-0.25, -0.2) is 0 Å². The van der Waals surface area contributed by atoms with Crippen LogP contribution in [0.15, 0.2) is 65.8 Å². The van der Waals surface area contributed by atoms with Gasteiger partial charge in [0.2, 0.25) is 0 Å². The number of azide groups is 1. The Hall–Kier alpha value is -2.53. The maximum atomic E-state index is 10.6. The van der Waals surface area contributed by atoms with Crippen LogP contribution in [0.25, 0.3) is 10.4 Å². The molecule has 3 aliphatic heterocycles. The summed E-state index contributed by atoms with van der Waals surface area (Å²) in [7, 11) is 0. The van der Waals surface area contributed by atoms with Gasteiger partial charge in [0.25, 0.3) is 0 Å². The molecule has 2 aromatic rings. The molecule has 36 heavy (non-hydrogen) atoms. The van der Waals surface area contributed by atoms with Crippen LogP contribution in [0.5, 0.6) is 0 Å². The molecule has 9 atom stereocenters. The molecule has 2 aromatic carbocycles. The van der Waals surface area contributed by atoms with Gasteiger partial charge in [0.1, 0.15) is 30.5 Å². The van der Waals surface area contributed by atoms with Crippen molar-refractivity contribution in [3.8, 4) is 0 Å². The summed E-state index contributed by atoms with van der Waals surface area (Å²) in [4.78, 5) is 3.00. The van der Waals surface area contributed by atoms with Crippen molar-refractivity contribution in [3.05, 3.63) is 82.2 Å². The van der Waals surface area contributed by atoms with E-state index in [1.54, 1.807) is 0 Å². The predicted octanol–water partition coefficient (Wildman–Crippen LogP) is 3.33. The van der Waals surface area contributed by atoms with Crippen molar-refractivity contribution in [2.24, 2.45) is 11.0 Å². The molecule has 3 heterocycles. The van der Waals surface area contributed by atoms with Crippen LogP contribution in [0.2, 0.25) is 0 Å². The topological polar surface area (TPSA) is 124 Å². The summed E-state index contributed by atoms with van der Waals surface area (Å²) in [6, 6.07) is 18.8. The van der Waals surface area contributed by atoms with Crippen molar-refractivity contribution in [2.45, 2.75) is 69.3 Å². The first-order valence-electron chi connectivity index (χ1n) is 12.2. The molecule has 10 heteroatoms. The maximum Gasteiger partial charge on any atom is 0.169 e. The number of rotatable bonds is 9. The first kappa shape index (κ1) is 25.1. The van der Waals surface area contributed by atoms with Crippen molar-refractivity contribution < 1.29 is 33.5 Å². The fraction of sp³-hybridized carbons (Fsp3) is 0.538. The van der Waals surface area contributed by atoms with E-state index in [4.69, 9.17) is 28.4 Å². The SMILES string of the molecule is CC1[C@H](O[C@H]2C(OCc3ccccc3)C(N=[N+]=[N-])[C@@H]3OC[C@@H]2O3)OC[C@@H](O)[C@H]1OCc1ccccc1. The van der Waals surface area contributed by atoms with Crippen molar-refractivity contribution >= 4 is 0 Å². The third kappa shape index (κ3) is 5.56. The zero-order valence-electron chi connectivity index (χ0n) is 20.0. The predicted molar refractivity (Wildman–Crippen MR) is 127 cm³/mol. The zero-order chi connectivity index (χ0) is 24.9. The van der Waals surface area contributed by atoms with Gasteiger partial charge in [0.15, 0.2) is 12.6 Å². The standard InChI is InChI=1S/C26H31N3O7/c1-16-22(31-12-17-8-4-2-5-9-17)19(30)14-33-25(16)36-23-20-15-34-26(35-20)21(28-29-27)24(23)32-13-18-10-6-3-7-11-18/h2-11,16,19-26,30H,12-15H2,1H3/t16?,19-,20+,21?,22+,23-,24?,25+,26-/m1/s1. The van der Waals surface area contributed by atoms with E-state index in [2.05, 4.69) is 10.0 Å². The summed E-state index contributed by atoms with van der Waals surface area (Å²) < 4.78 is 36.4. The number of hydrogen-bond acceptors (Lipinski definition) is 8. The highest BCUT2D eigenvalue weighted by Gasteiger charge is 2.53. The molecule has 3 fully saturated rings.